The topological polar surface area (TPSA) is 50.8 Å². The van der Waals surface area contributed by atoms with E-state index in [0.717, 1.165) is 24.4 Å². The van der Waals surface area contributed by atoms with Crippen LogP contribution in [0.1, 0.15) is 32.1 Å². The van der Waals surface area contributed by atoms with Crippen molar-refractivity contribution in [3.63, 3.8) is 0 Å². The summed E-state index contributed by atoms with van der Waals surface area (Å²) in [6.45, 7) is 4.26. The highest BCUT2D eigenvalue weighted by molar-refractivity contribution is 8.00. The van der Waals surface area contributed by atoms with Gasteiger partial charge in [-0.25, -0.2) is 0 Å². The van der Waals surface area contributed by atoms with Gasteiger partial charge in [-0.15, -0.1) is 11.8 Å². The van der Waals surface area contributed by atoms with Gasteiger partial charge in [0.15, 0.2) is 11.5 Å². The number of likely N-dealkylation sites (tertiary alicyclic amines) is 1. The molecule has 1 aliphatic rings. The second kappa shape index (κ2) is 11.3. The van der Waals surface area contributed by atoms with Crippen LogP contribution in [-0.4, -0.2) is 57.0 Å². The third kappa shape index (κ3) is 7.16. The van der Waals surface area contributed by atoms with E-state index in [1.54, 1.807) is 14.2 Å². The van der Waals surface area contributed by atoms with Gasteiger partial charge in [-0.2, -0.15) is 0 Å². The molecule has 0 aliphatic carbocycles. The Morgan fingerprint density at radius 2 is 1.84 bits per heavy atom. The van der Waals surface area contributed by atoms with Crippen molar-refractivity contribution in [2.24, 2.45) is 0 Å². The summed E-state index contributed by atoms with van der Waals surface area (Å²) in [5, 5.41) is 3.02. The number of nitrogens with zero attached hydrogens (tertiary/aromatic N) is 1. The Bertz CT molecular complexity index is 531. The van der Waals surface area contributed by atoms with Crippen molar-refractivity contribution in [3.8, 4) is 11.5 Å². The molecule has 0 atom stereocenters. The van der Waals surface area contributed by atoms with Crippen LogP contribution in [0.3, 0.4) is 0 Å². The van der Waals surface area contributed by atoms with Gasteiger partial charge in [0, 0.05) is 11.4 Å². The van der Waals surface area contributed by atoms with Gasteiger partial charge in [-0.05, 0) is 57.1 Å². The van der Waals surface area contributed by atoms with Crippen LogP contribution in [0.4, 0.5) is 0 Å². The minimum absolute atomic E-state index is 0.0793. The summed E-state index contributed by atoms with van der Waals surface area (Å²) < 4.78 is 10.5. The molecule has 0 radical (unpaired) electrons. The maximum absolute atomic E-state index is 12.0. The average molecular weight is 367 g/mol. The summed E-state index contributed by atoms with van der Waals surface area (Å²) in [4.78, 5) is 15.5. The first-order valence-electron chi connectivity index (χ1n) is 9.07. The van der Waals surface area contributed by atoms with Gasteiger partial charge in [-0.3, -0.25) is 4.79 Å². The molecule has 1 aliphatic heterocycles. The highest BCUT2D eigenvalue weighted by Crippen LogP contribution is 2.31. The number of hydrogen-bond acceptors (Lipinski definition) is 5. The zero-order valence-electron chi connectivity index (χ0n) is 15.4. The van der Waals surface area contributed by atoms with Crippen molar-refractivity contribution < 1.29 is 14.3 Å². The minimum atomic E-state index is 0.0793. The molecular weight excluding hydrogens is 336 g/mol. The van der Waals surface area contributed by atoms with Crippen LogP contribution >= 0.6 is 11.8 Å². The Labute approximate surface area is 155 Å². The molecule has 2 rings (SSSR count). The van der Waals surface area contributed by atoms with Gasteiger partial charge >= 0.3 is 0 Å². The van der Waals surface area contributed by atoms with Crippen molar-refractivity contribution in [1.29, 1.82) is 0 Å². The average Bonchev–Trinajstić information content (AvgIpc) is 2.92. The normalized spacial score (nSPS) is 15.4. The van der Waals surface area contributed by atoms with Gasteiger partial charge in [0.2, 0.25) is 5.91 Å². The summed E-state index contributed by atoms with van der Waals surface area (Å²) >= 11 is 1.51. The fourth-order valence-electron chi connectivity index (χ4n) is 3.00. The Hall–Kier alpha value is -1.40. The van der Waals surface area contributed by atoms with Gasteiger partial charge in [0.1, 0.15) is 0 Å². The standard InChI is InChI=1S/C19H30N2O3S/c1-23-17-9-8-16(14-18(17)24-2)25-15-19(22)20-10-7-13-21-11-5-3-4-6-12-21/h8-9,14H,3-7,10-13,15H2,1-2H3,(H,20,22). The fraction of sp³-hybridized carbons (Fsp3) is 0.632. The van der Waals surface area contributed by atoms with E-state index in [2.05, 4.69) is 10.2 Å². The van der Waals surface area contributed by atoms with Crippen LogP contribution in [0.25, 0.3) is 0 Å². The van der Waals surface area contributed by atoms with Crippen LogP contribution in [0.2, 0.25) is 0 Å². The molecule has 1 heterocycles. The molecule has 0 bridgehead atoms. The molecule has 0 aromatic heterocycles. The lowest BCUT2D eigenvalue weighted by Gasteiger charge is -2.19. The molecule has 1 fully saturated rings. The number of thioether (sulfide) groups is 1. The molecule has 140 valence electrons. The number of methoxy groups -OCH3 is 2. The van der Waals surface area contributed by atoms with Gasteiger partial charge in [0.25, 0.3) is 0 Å². The number of carbonyl (C=O) groups is 1. The largest absolute Gasteiger partial charge is 0.493 e. The third-order valence-corrected chi connectivity index (χ3v) is 5.39. The van der Waals surface area contributed by atoms with Crippen molar-refractivity contribution in [1.82, 2.24) is 10.2 Å². The van der Waals surface area contributed by atoms with Crippen LogP contribution < -0.4 is 14.8 Å². The Morgan fingerprint density at radius 3 is 2.52 bits per heavy atom. The highest BCUT2D eigenvalue weighted by Gasteiger charge is 2.09. The van der Waals surface area contributed by atoms with E-state index in [4.69, 9.17) is 9.47 Å². The van der Waals surface area contributed by atoms with E-state index >= 15 is 0 Å². The zero-order chi connectivity index (χ0) is 17.9. The minimum Gasteiger partial charge on any atom is -0.493 e. The summed E-state index contributed by atoms with van der Waals surface area (Å²) in [6.07, 6.45) is 6.37. The molecule has 1 N–H and O–H groups in total. The molecule has 5 nitrogen and oxygen atoms in total. The molecule has 1 aromatic carbocycles. The zero-order valence-corrected chi connectivity index (χ0v) is 16.2. The number of ether oxygens (including phenoxy) is 2. The lowest BCUT2D eigenvalue weighted by Crippen LogP contribution is -2.31. The molecule has 0 unspecified atom stereocenters. The number of hydrogen-bond donors (Lipinski definition) is 1. The molecule has 0 saturated carbocycles. The van der Waals surface area contributed by atoms with Crippen LogP contribution in [0.15, 0.2) is 23.1 Å². The first kappa shape index (κ1) is 19.9. The second-order valence-corrected chi connectivity index (χ2v) is 7.31. The van der Waals surface area contributed by atoms with Gasteiger partial charge in [-0.1, -0.05) is 12.8 Å². The lowest BCUT2D eigenvalue weighted by molar-refractivity contribution is -0.118. The van der Waals surface area contributed by atoms with Crippen molar-refractivity contribution in [2.45, 2.75) is 37.0 Å². The summed E-state index contributed by atoms with van der Waals surface area (Å²) in [6, 6.07) is 5.70. The number of benzene rings is 1. The van der Waals surface area contributed by atoms with E-state index in [9.17, 15) is 4.79 Å². The second-order valence-electron chi connectivity index (χ2n) is 6.26. The Morgan fingerprint density at radius 1 is 1.12 bits per heavy atom. The van der Waals surface area contributed by atoms with E-state index in [1.807, 2.05) is 18.2 Å². The summed E-state index contributed by atoms with van der Waals surface area (Å²) in [5.41, 5.74) is 0. The molecule has 6 heteroatoms. The van der Waals surface area contributed by atoms with Crippen molar-refractivity contribution in [2.75, 3.05) is 46.2 Å². The first-order chi connectivity index (χ1) is 12.2. The van der Waals surface area contributed by atoms with E-state index in [1.165, 1.54) is 50.5 Å². The predicted molar refractivity (Wildman–Crippen MR) is 103 cm³/mol. The molecule has 0 spiro atoms. The maximum Gasteiger partial charge on any atom is 0.230 e. The van der Waals surface area contributed by atoms with Crippen LogP contribution in [-0.2, 0) is 4.79 Å². The highest BCUT2D eigenvalue weighted by atomic mass is 32.2. The monoisotopic (exact) mass is 366 g/mol. The number of nitrogens with one attached hydrogen (secondary N) is 1. The van der Waals surface area contributed by atoms with E-state index < -0.39 is 0 Å². The SMILES string of the molecule is COc1ccc(SCC(=O)NCCCN2CCCCCC2)cc1OC. The Kier molecular flexibility index (Phi) is 8.97. The van der Waals surface area contributed by atoms with Crippen LogP contribution in [0, 0.1) is 0 Å². The van der Waals surface area contributed by atoms with Crippen LogP contribution in [0.5, 0.6) is 11.5 Å². The maximum atomic E-state index is 12.0. The molecule has 1 aromatic rings. The Balaban J connectivity index is 1.63. The van der Waals surface area contributed by atoms with Crippen molar-refractivity contribution >= 4 is 17.7 Å². The summed E-state index contributed by atoms with van der Waals surface area (Å²) in [5.74, 6) is 1.88. The third-order valence-electron chi connectivity index (χ3n) is 4.40. The smallest absolute Gasteiger partial charge is 0.230 e. The molecule has 1 amide bonds. The fourth-order valence-corrected chi connectivity index (χ4v) is 3.75. The molecule has 1 saturated heterocycles. The summed E-state index contributed by atoms with van der Waals surface area (Å²) in [7, 11) is 3.23. The number of carbonyl (C=O) groups excluding carboxylic acids is 1. The van der Waals surface area contributed by atoms with Gasteiger partial charge in [0.05, 0.1) is 20.0 Å². The van der Waals surface area contributed by atoms with Gasteiger partial charge < -0.3 is 19.7 Å². The number of rotatable bonds is 9. The lowest BCUT2D eigenvalue weighted by atomic mass is 10.2. The molecule has 25 heavy (non-hydrogen) atoms. The number of amides is 1. The molecular formula is C19H30N2O3S. The predicted octanol–water partition coefficient (Wildman–Crippen LogP) is 3.18. The quantitative estimate of drug-likeness (QED) is 0.537. The van der Waals surface area contributed by atoms with E-state index in [-0.39, 0.29) is 5.91 Å². The van der Waals surface area contributed by atoms with Crippen molar-refractivity contribution in [3.05, 3.63) is 18.2 Å². The first-order valence-corrected chi connectivity index (χ1v) is 10.1. The van der Waals surface area contributed by atoms with E-state index in [0.29, 0.717) is 17.3 Å².